The predicted molar refractivity (Wildman–Crippen MR) is 54.2 cm³/mol. The van der Waals surface area contributed by atoms with Gasteiger partial charge in [-0.3, -0.25) is 4.79 Å². The summed E-state index contributed by atoms with van der Waals surface area (Å²) in [5.74, 6) is -0.233. The Balaban J connectivity index is 1.86. The maximum Gasteiger partial charge on any atom is 0.303 e. The van der Waals surface area contributed by atoms with Gasteiger partial charge in [-0.25, -0.2) is 0 Å². The Hall–Kier alpha value is -0.570. The van der Waals surface area contributed by atoms with Crippen molar-refractivity contribution in [1.82, 2.24) is 4.90 Å². The molecule has 1 saturated carbocycles. The summed E-state index contributed by atoms with van der Waals surface area (Å²) in [7, 11) is 0. The zero-order chi connectivity index (χ0) is 9.97. The molecule has 1 aliphatic carbocycles. The fraction of sp³-hybridized carbons (Fsp3) is 0.909. The Morgan fingerprint density at radius 2 is 2.07 bits per heavy atom. The fourth-order valence-electron chi connectivity index (χ4n) is 2.45. The van der Waals surface area contributed by atoms with E-state index in [1.807, 2.05) is 0 Å². The molecule has 0 amide bonds. The largest absolute Gasteiger partial charge is 0.481 e. The van der Waals surface area contributed by atoms with Crippen molar-refractivity contribution >= 4 is 5.97 Å². The molecule has 1 atom stereocenters. The van der Waals surface area contributed by atoms with Crippen LogP contribution in [0, 0.1) is 5.92 Å². The van der Waals surface area contributed by atoms with Crippen molar-refractivity contribution in [1.29, 1.82) is 0 Å². The van der Waals surface area contributed by atoms with Crippen molar-refractivity contribution in [3.63, 3.8) is 0 Å². The van der Waals surface area contributed by atoms with Crippen LogP contribution in [-0.2, 0) is 4.79 Å². The minimum absolute atomic E-state index is 0.364. The summed E-state index contributed by atoms with van der Waals surface area (Å²) in [4.78, 5) is 13.2. The normalized spacial score (nSPS) is 29.9. The number of carboxylic acids is 1. The molecule has 0 spiro atoms. The van der Waals surface area contributed by atoms with Crippen LogP contribution in [-0.4, -0.2) is 35.1 Å². The molecule has 2 rings (SSSR count). The highest BCUT2D eigenvalue weighted by Crippen LogP contribution is 2.31. The van der Waals surface area contributed by atoms with Gasteiger partial charge in [-0.1, -0.05) is 6.42 Å². The lowest BCUT2D eigenvalue weighted by molar-refractivity contribution is -0.138. The lowest BCUT2D eigenvalue weighted by Crippen LogP contribution is -2.31. The second kappa shape index (κ2) is 4.30. The van der Waals surface area contributed by atoms with E-state index in [0.717, 1.165) is 19.0 Å². The lowest BCUT2D eigenvalue weighted by atomic mass is 10.00. The zero-order valence-electron chi connectivity index (χ0n) is 8.61. The molecule has 1 heterocycles. The number of aliphatic carboxylic acids is 1. The van der Waals surface area contributed by atoms with Crippen LogP contribution in [0.25, 0.3) is 0 Å². The molecule has 80 valence electrons. The summed E-state index contributed by atoms with van der Waals surface area (Å²) < 4.78 is 0. The quantitative estimate of drug-likeness (QED) is 0.749. The van der Waals surface area contributed by atoms with Crippen LogP contribution < -0.4 is 0 Å². The highest BCUT2D eigenvalue weighted by atomic mass is 16.4. The Labute approximate surface area is 85.1 Å². The first kappa shape index (κ1) is 9.97. The Morgan fingerprint density at radius 3 is 2.71 bits per heavy atom. The average Bonchev–Trinajstić information content (AvgIpc) is 2.86. The van der Waals surface area contributed by atoms with Crippen LogP contribution in [0.1, 0.15) is 38.5 Å². The highest BCUT2D eigenvalue weighted by Gasteiger charge is 2.31. The Kier molecular flexibility index (Phi) is 3.06. The molecule has 3 heteroatoms. The van der Waals surface area contributed by atoms with Gasteiger partial charge >= 0.3 is 5.97 Å². The van der Waals surface area contributed by atoms with Gasteiger partial charge in [0, 0.05) is 19.0 Å². The SMILES string of the molecule is O=C(O)CC1CCCCN(C2CC2)C1. The number of likely N-dealkylation sites (tertiary alicyclic amines) is 1. The third-order valence-electron chi connectivity index (χ3n) is 3.33. The summed E-state index contributed by atoms with van der Waals surface area (Å²) in [6, 6.07) is 0.796. The monoisotopic (exact) mass is 197 g/mol. The smallest absolute Gasteiger partial charge is 0.303 e. The minimum Gasteiger partial charge on any atom is -0.481 e. The van der Waals surface area contributed by atoms with E-state index in [2.05, 4.69) is 4.90 Å². The number of carbonyl (C=O) groups is 1. The lowest BCUT2D eigenvalue weighted by Gasteiger charge is -2.22. The molecular weight excluding hydrogens is 178 g/mol. The summed E-state index contributed by atoms with van der Waals surface area (Å²) in [6.07, 6.45) is 6.60. The van der Waals surface area contributed by atoms with Crippen molar-refractivity contribution in [3.8, 4) is 0 Å². The van der Waals surface area contributed by atoms with Crippen molar-refractivity contribution in [3.05, 3.63) is 0 Å². The molecule has 0 radical (unpaired) electrons. The molecule has 0 aromatic rings. The summed E-state index contributed by atoms with van der Waals surface area (Å²) in [6.45, 7) is 2.22. The van der Waals surface area contributed by atoms with E-state index in [-0.39, 0.29) is 0 Å². The van der Waals surface area contributed by atoms with E-state index in [4.69, 9.17) is 5.11 Å². The maximum atomic E-state index is 10.7. The molecule has 14 heavy (non-hydrogen) atoms. The van der Waals surface area contributed by atoms with Gasteiger partial charge in [0.1, 0.15) is 0 Å². The molecule has 1 aliphatic heterocycles. The van der Waals surface area contributed by atoms with Crippen LogP contribution in [0.4, 0.5) is 0 Å². The van der Waals surface area contributed by atoms with Gasteiger partial charge in [-0.15, -0.1) is 0 Å². The van der Waals surface area contributed by atoms with Crippen LogP contribution in [0.15, 0.2) is 0 Å². The molecule has 0 aromatic heterocycles. The number of hydrogen-bond acceptors (Lipinski definition) is 2. The second-order valence-electron chi connectivity index (χ2n) is 4.69. The van der Waals surface area contributed by atoms with E-state index in [0.29, 0.717) is 12.3 Å². The van der Waals surface area contributed by atoms with Gasteiger partial charge in [0.25, 0.3) is 0 Å². The molecule has 0 bridgehead atoms. The summed E-state index contributed by atoms with van der Waals surface area (Å²) in [5.41, 5.74) is 0. The Bertz CT molecular complexity index is 213. The highest BCUT2D eigenvalue weighted by molar-refractivity contribution is 5.67. The van der Waals surface area contributed by atoms with Crippen molar-refractivity contribution in [2.24, 2.45) is 5.92 Å². The number of nitrogens with zero attached hydrogens (tertiary/aromatic N) is 1. The minimum atomic E-state index is -0.632. The van der Waals surface area contributed by atoms with E-state index in [1.165, 1.54) is 32.2 Å². The molecule has 1 saturated heterocycles. The van der Waals surface area contributed by atoms with Crippen LogP contribution in [0.2, 0.25) is 0 Å². The first-order chi connectivity index (χ1) is 6.75. The number of rotatable bonds is 3. The first-order valence-corrected chi connectivity index (χ1v) is 5.71. The Morgan fingerprint density at radius 1 is 1.29 bits per heavy atom. The first-order valence-electron chi connectivity index (χ1n) is 5.71. The van der Waals surface area contributed by atoms with E-state index in [1.54, 1.807) is 0 Å². The van der Waals surface area contributed by atoms with Gasteiger partial charge in [-0.05, 0) is 38.1 Å². The van der Waals surface area contributed by atoms with Crippen molar-refractivity contribution < 1.29 is 9.90 Å². The van der Waals surface area contributed by atoms with Crippen molar-refractivity contribution in [2.45, 2.75) is 44.6 Å². The van der Waals surface area contributed by atoms with Gasteiger partial charge in [0.15, 0.2) is 0 Å². The van der Waals surface area contributed by atoms with Crippen LogP contribution in [0.5, 0.6) is 0 Å². The van der Waals surface area contributed by atoms with E-state index >= 15 is 0 Å². The maximum absolute atomic E-state index is 10.7. The predicted octanol–water partition coefficient (Wildman–Crippen LogP) is 1.73. The second-order valence-corrected chi connectivity index (χ2v) is 4.69. The van der Waals surface area contributed by atoms with Crippen LogP contribution in [0.3, 0.4) is 0 Å². The van der Waals surface area contributed by atoms with Crippen molar-refractivity contribution in [2.75, 3.05) is 13.1 Å². The van der Waals surface area contributed by atoms with Gasteiger partial charge in [0.2, 0.25) is 0 Å². The third-order valence-corrected chi connectivity index (χ3v) is 3.33. The number of hydrogen-bond donors (Lipinski definition) is 1. The van der Waals surface area contributed by atoms with E-state index < -0.39 is 5.97 Å². The molecule has 2 fully saturated rings. The summed E-state index contributed by atoms with van der Waals surface area (Å²) in [5, 5.41) is 8.78. The molecule has 0 aromatic carbocycles. The standard InChI is InChI=1S/C11H19NO2/c13-11(14)7-9-3-1-2-6-12(8-9)10-4-5-10/h9-10H,1-8H2,(H,13,14). The summed E-state index contributed by atoms with van der Waals surface area (Å²) >= 11 is 0. The van der Waals surface area contributed by atoms with Crippen LogP contribution >= 0.6 is 0 Å². The van der Waals surface area contributed by atoms with Gasteiger partial charge in [0.05, 0.1) is 0 Å². The third kappa shape index (κ3) is 2.71. The van der Waals surface area contributed by atoms with Gasteiger partial charge in [-0.2, -0.15) is 0 Å². The molecule has 1 N–H and O–H groups in total. The molecule has 3 nitrogen and oxygen atoms in total. The zero-order valence-corrected chi connectivity index (χ0v) is 8.61. The molecular formula is C11H19NO2. The van der Waals surface area contributed by atoms with E-state index in [9.17, 15) is 4.79 Å². The van der Waals surface area contributed by atoms with Gasteiger partial charge < -0.3 is 10.0 Å². The fourth-order valence-corrected chi connectivity index (χ4v) is 2.45. The number of carboxylic acid groups (broad SMARTS) is 1. The topological polar surface area (TPSA) is 40.5 Å². The molecule has 2 aliphatic rings. The molecule has 1 unspecified atom stereocenters. The average molecular weight is 197 g/mol.